The average Bonchev–Trinajstić information content (AvgIpc) is 2.56. The molecule has 136 valence electrons. The molecule has 5 nitrogen and oxygen atoms in total. The van der Waals surface area contributed by atoms with Crippen LogP contribution in [-0.4, -0.2) is 26.1 Å². The number of hydrogen-bond acceptors (Lipinski definition) is 3. The van der Waals surface area contributed by atoms with E-state index in [1.54, 1.807) is 18.2 Å². The van der Waals surface area contributed by atoms with Crippen LogP contribution in [0.3, 0.4) is 0 Å². The highest BCUT2D eigenvalue weighted by Crippen LogP contribution is 2.20. The summed E-state index contributed by atoms with van der Waals surface area (Å²) in [5, 5.41) is 12.2. The lowest BCUT2D eigenvalue weighted by atomic mass is 10.2. The van der Waals surface area contributed by atoms with E-state index < -0.39 is 6.61 Å². The van der Waals surface area contributed by atoms with E-state index in [-0.39, 0.29) is 18.2 Å². The molecule has 1 atom stereocenters. The minimum absolute atomic E-state index is 0.0872. The Morgan fingerprint density at radius 1 is 1.31 bits per heavy atom. The van der Waals surface area contributed by atoms with E-state index in [0.717, 1.165) is 10.5 Å². The number of carbonyl (C=O) groups excluding carboxylic acids is 1. The maximum atomic E-state index is 12.2. The lowest BCUT2D eigenvalue weighted by Crippen LogP contribution is -3.08. The predicted octanol–water partition coefficient (Wildman–Crippen LogP) is 2.47. The summed E-state index contributed by atoms with van der Waals surface area (Å²) in [5.74, 6) is -0.178. The number of hydrogen-bond donors (Lipinski definition) is 2. The van der Waals surface area contributed by atoms with Gasteiger partial charge in [-0.15, -0.1) is 0 Å². The van der Waals surface area contributed by atoms with Gasteiger partial charge in [-0.1, -0.05) is 11.6 Å². The van der Waals surface area contributed by atoms with Gasteiger partial charge in [-0.3, -0.25) is 4.79 Å². The molecule has 0 spiro atoms. The number of alkyl halides is 2. The highest BCUT2D eigenvalue weighted by atomic mass is 35.5. The van der Waals surface area contributed by atoms with Gasteiger partial charge in [0.1, 0.15) is 18.4 Å². The quantitative estimate of drug-likeness (QED) is 0.775. The summed E-state index contributed by atoms with van der Waals surface area (Å²) in [6.07, 6.45) is 0. The number of anilines is 1. The SMILES string of the molecule is C[NH+](CC(=O)Nc1cc(Cl)ccc1C#N)Cc1ccc(OC(F)F)cc1. The molecule has 0 bridgehead atoms. The third-order valence-electron chi connectivity index (χ3n) is 3.49. The van der Waals surface area contributed by atoms with Crippen molar-refractivity contribution in [1.29, 1.82) is 5.26 Å². The van der Waals surface area contributed by atoms with Gasteiger partial charge < -0.3 is 15.0 Å². The normalized spacial score (nSPS) is 11.7. The van der Waals surface area contributed by atoms with Crippen LogP contribution >= 0.6 is 11.6 Å². The van der Waals surface area contributed by atoms with Crippen molar-refractivity contribution >= 4 is 23.2 Å². The number of carbonyl (C=O) groups is 1. The van der Waals surface area contributed by atoms with Crippen molar-refractivity contribution in [3.8, 4) is 11.8 Å². The first-order chi connectivity index (χ1) is 12.4. The molecule has 0 aromatic heterocycles. The van der Waals surface area contributed by atoms with Crippen LogP contribution in [-0.2, 0) is 11.3 Å². The van der Waals surface area contributed by atoms with E-state index in [1.807, 2.05) is 13.1 Å². The molecule has 0 saturated carbocycles. The van der Waals surface area contributed by atoms with E-state index >= 15 is 0 Å². The van der Waals surface area contributed by atoms with E-state index in [4.69, 9.17) is 16.9 Å². The molecule has 0 saturated heterocycles. The van der Waals surface area contributed by atoms with Crippen LogP contribution in [0.15, 0.2) is 42.5 Å². The smallest absolute Gasteiger partial charge is 0.387 e. The molecule has 0 radical (unpaired) electrons. The number of ether oxygens (including phenoxy) is 1. The fourth-order valence-corrected chi connectivity index (χ4v) is 2.56. The zero-order chi connectivity index (χ0) is 19.1. The Morgan fingerprint density at radius 2 is 2.00 bits per heavy atom. The van der Waals surface area contributed by atoms with Gasteiger partial charge in [-0.2, -0.15) is 14.0 Å². The zero-order valence-corrected chi connectivity index (χ0v) is 14.7. The molecule has 2 N–H and O–H groups in total. The third-order valence-corrected chi connectivity index (χ3v) is 3.73. The number of rotatable bonds is 7. The Kier molecular flexibility index (Phi) is 6.89. The fourth-order valence-electron chi connectivity index (χ4n) is 2.39. The van der Waals surface area contributed by atoms with Gasteiger partial charge in [0.15, 0.2) is 6.54 Å². The Balaban J connectivity index is 1.91. The molecular weight excluding hydrogens is 364 g/mol. The van der Waals surface area contributed by atoms with Crippen molar-refractivity contribution in [2.24, 2.45) is 0 Å². The van der Waals surface area contributed by atoms with Crippen molar-refractivity contribution in [3.05, 3.63) is 58.6 Å². The molecule has 2 aromatic rings. The molecular formula is C18H17ClF2N3O2+. The van der Waals surface area contributed by atoms with Gasteiger partial charge in [0.2, 0.25) is 0 Å². The maximum absolute atomic E-state index is 12.2. The molecule has 0 aliphatic heterocycles. The van der Waals surface area contributed by atoms with Crippen LogP contribution in [0.5, 0.6) is 5.75 Å². The topological polar surface area (TPSA) is 66.6 Å². The number of amides is 1. The second-order valence-electron chi connectivity index (χ2n) is 5.68. The Hall–Kier alpha value is -2.69. The van der Waals surface area contributed by atoms with Crippen molar-refractivity contribution in [1.82, 2.24) is 0 Å². The molecule has 26 heavy (non-hydrogen) atoms. The van der Waals surface area contributed by atoms with E-state index in [0.29, 0.717) is 22.8 Å². The zero-order valence-electron chi connectivity index (χ0n) is 13.9. The Bertz CT molecular complexity index is 807. The summed E-state index contributed by atoms with van der Waals surface area (Å²) < 4.78 is 28.6. The summed E-state index contributed by atoms with van der Waals surface area (Å²) in [6, 6.07) is 12.9. The van der Waals surface area contributed by atoms with E-state index in [1.165, 1.54) is 24.3 Å². The summed E-state index contributed by atoms with van der Waals surface area (Å²) in [5.41, 5.74) is 1.57. The second kappa shape index (κ2) is 9.13. The summed E-state index contributed by atoms with van der Waals surface area (Å²) >= 11 is 5.89. The van der Waals surface area contributed by atoms with Crippen LogP contribution in [0.25, 0.3) is 0 Å². The number of nitrogens with zero attached hydrogens (tertiary/aromatic N) is 1. The summed E-state index contributed by atoms with van der Waals surface area (Å²) in [4.78, 5) is 13.1. The molecule has 0 aliphatic carbocycles. The third kappa shape index (κ3) is 5.99. The molecule has 8 heteroatoms. The maximum Gasteiger partial charge on any atom is 0.387 e. The molecule has 2 rings (SSSR count). The van der Waals surface area contributed by atoms with Crippen molar-refractivity contribution < 1.29 is 23.2 Å². The van der Waals surface area contributed by atoms with Crippen molar-refractivity contribution in [2.45, 2.75) is 13.2 Å². The van der Waals surface area contributed by atoms with Crippen molar-refractivity contribution in [2.75, 3.05) is 18.9 Å². The van der Waals surface area contributed by atoms with Gasteiger partial charge in [-0.05, 0) is 42.5 Å². The molecule has 0 heterocycles. The number of nitrogens with one attached hydrogen (secondary N) is 2. The minimum atomic E-state index is -2.86. The lowest BCUT2D eigenvalue weighted by Gasteiger charge is -2.15. The number of likely N-dealkylation sites (N-methyl/N-ethyl adjacent to an activating group) is 1. The van der Waals surface area contributed by atoms with Crippen LogP contribution < -0.4 is 15.0 Å². The van der Waals surface area contributed by atoms with E-state index in [9.17, 15) is 13.6 Å². The highest BCUT2D eigenvalue weighted by molar-refractivity contribution is 6.31. The van der Waals surface area contributed by atoms with Gasteiger partial charge >= 0.3 is 6.61 Å². The number of benzene rings is 2. The van der Waals surface area contributed by atoms with Crippen LogP contribution in [0, 0.1) is 11.3 Å². The molecule has 1 amide bonds. The fraction of sp³-hybridized carbons (Fsp3) is 0.222. The Morgan fingerprint density at radius 3 is 2.62 bits per heavy atom. The predicted molar refractivity (Wildman–Crippen MR) is 93.3 cm³/mol. The first-order valence-electron chi connectivity index (χ1n) is 7.72. The monoisotopic (exact) mass is 380 g/mol. The van der Waals surface area contributed by atoms with Gasteiger partial charge in [-0.25, -0.2) is 0 Å². The number of nitriles is 1. The molecule has 0 aliphatic rings. The minimum Gasteiger partial charge on any atom is -0.435 e. The van der Waals surface area contributed by atoms with Crippen LogP contribution in [0.4, 0.5) is 14.5 Å². The summed E-state index contributed by atoms with van der Waals surface area (Å²) in [6.45, 7) is -2.18. The largest absolute Gasteiger partial charge is 0.435 e. The first kappa shape index (κ1) is 19.6. The molecule has 2 aromatic carbocycles. The average molecular weight is 381 g/mol. The highest BCUT2D eigenvalue weighted by Gasteiger charge is 2.13. The van der Waals surface area contributed by atoms with Crippen molar-refractivity contribution in [3.63, 3.8) is 0 Å². The van der Waals surface area contributed by atoms with E-state index in [2.05, 4.69) is 10.1 Å². The first-order valence-corrected chi connectivity index (χ1v) is 8.09. The number of quaternary nitrogens is 1. The van der Waals surface area contributed by atoms with Gasteiger partial charge in [0, 0.05) is 10.6 Å². The van der Waals surface area contributed by atoms with Gasteiger partial charge in [0.05, 0.1) is 18.3 Å². The number of halogens is 3. The Labute approximate surface area is 154 Å². The molecule has 0 fully saturated rings. The second-order valence-corrected chi connectivity index (χ2v) is 6.12. The molecule has 1 unspecified atom stereocenters. The van der Waals surface area contributed by atoms with Crippen LogP contribution in [0.2, 0.25) is 5.02 Å². The standard InChI is InChI=1S/C18H16ClF2N3O2/c1-24(10-12-2-6-15(7-3-12)26-18(20)21)11-17(25)23-16-8-14(19)5-4-13(16)9-22/h2-8,18H,10-11H2,1H3,(H,23,25)/p+1. The summed E-state index contributed by atoms with van der Waals surface area (Å²) in [7, 11) is 1.83. The van der Waals surface area contributed by atoms with Crippen LogP contribution in [0.1, 0.15) is 11.1 Å². The van der Waals surface area contributed by atoms with Gasteiger partial charge in [0.25, 0.3) is 5.91 Å². The lowest BCUT2D eigenvalue weighted by molar-refractivity contribution is -0.885.